The van der Waals surface area contributed by atoms with Crippen LogP contribution in [-0.4, -0.2) is 29.9 Å². The second-order valence-electron chi connectivity index (χ2n) is 7.68. The Morgan fingerprint density at radius 3 is 2.33 bits per heavy atom. The highest BCUT2D eigenvalue weighted by Gasteiger charge is 2.14. The molecular formula is C27H27N3O3. The van der Waals surface area contributed by atoms with E-state index in [2.05, 4.69) is 17.4 Å². The number of carbonyl (C=O) groups excluding carboxylic acids is 1. The van der Waals surface area contributed by atoms with Crippen LogP contribution in [0.1, 0.15) is 16.7 Å². The van der Waals surface area contributed by atoms with E-state index < -0.39 is 0 Å². The summed E-state index contributed by atoms with van der Waals surface area (Å²) < 4.78 is 12.6. The fraction of sp³-hybridized carbons (Fsp3) is 0.185. The Bertz CT molecular complexity index is 1200. The van der Waals surface area contributed by atoms with E-state index in [9.17, 15) is 4.79 Å². The quantitative estimate of drug-likeness (QED) is 0.416. The van der Waals surface area contributed by atoms with Crippen molar-refractivity contribution in [1.29, 1.82) is 0 Å². The molecule has 0 aliphatic carbocycles. The number of amides is 1. The third-order valence-electron chi connectivity index (χ3n) is 5.39. The zero-order chi connectivity index (χ0) is 23.0. The van der Waals surface area contributed by atoms with Crippen LogP contribution in [0, 0.1) is 0 Å². The van der Waals surface area contributed by atoms with Crippen LogP contribution >= 0.6 is 0 Å². The second kappa shape index (κ2) is 10.5. The fourth-order valence-corrected chi connectivity index (χ4v) is 3.73. The van der Waals surface area contributed by atoms with E-state index in [1.54, 1.807) is 14.2 Å². The molecule has 0 atom stereocenters. The number of benzene rings is 3. The van der Waals surface area contributed by atoms with Crippen molar-refractivity contribution in [1.82, 2.24) is 15.1 Å². The molecule has 168 valence electrons. The maximum atomic E-state index is 12.8. The SMILES string of the molecule is COc1ccc(OC)c(CC(=O)NCc2cn(Cc3ccccc3)nc2-c2ccccc2)c1. The average molecular weight is 442 g/mol. The summed E-state index contributed by atoms with van der Waals surface area (Å²) in [7, 11) is 3.19. The first-order valence-corrected chi connectivity index (χ1v) is 10.8. The molecule has 1 amide bonds. The number of nitrogens with zero attached hydrogens (tertiary/aromatic N) is 2. The molecule has 0 saturated heterocycles. The topological polar surface area (TPSA) is 65.4 Å². The fourth-order valence-electron chi connectivity index (χ4n) is 3.73. The van der Waals surface area contributed by atoms with Crippen LogP contribution in [-0.2, 0) is 24.3 Å². The molecule has 4 rings (SSSR count). The Morgan fingerprint density at radius 2 is 1.64 bits per heavy atom. The highest BCUT2D eigenvalue weighted by molar-refractivity contribution is 5.79. The molecule has 6 heteroatoms. The summed E-state index contributed by atoms with van der Waals surface area (Å²) in [6, 6.07) is 25.7. The maximum absolute atomic E-state index is 12.8. The number of methoxy groups -OCH3 is 2. The highest BCUT2D eigenvalue weighted by atomic mass is 16.5. The summed E-state index contributed by atoms with van der Waals surface area (Å²) in [4.78, 5) is 12.8. The van der Waals surface area contributed by atoms with Crippen molar-refractivity contribution < 1.29 is 14.3 Å². The van der Waals surface area contributed by atoms with E-state index in [0.29, 0.717) is 24.6 Å². The van der Waals surface area contributed by atoms with Gasteiger partial charge in [-0.3, -0.25) is 9.48 Å². The number of nitrogens with one attached hydrogen (secondary N) is 1. The molecule has 0 unspecified atom stereocenters. The van der Waals surface area contributed by atoms with Gasteiger partial charge in [0.25, 0.3) is 0 Å². The van der Waals surface area contributed by atoms with Gasteiger partial charge in [0.05, 0.1) is 32.9 Å². The van der Waals surface area contributed by atoms with Gasteiger partial charge in [-0.25, -0.2) is 0 Å². The Morgan fingerprint density at radius 1 is 0.909 bits per heavy atom. The molecular weight excluding hydrogens is 414 g/mol. The van der Waals surface area contributed by atoms with Gasteiger partial charge in [-0.2, -0.15) is 5.10 Å². The van der Waals surface area contributed by atoms with E-state index in [0.717, 1.165) is 22.4 Å². The molecule has 0 fully saturated rings. The van der Waals surface area contributed by atoms with Crippen molar-refractivity contribution >= 4 is 5.91 Å². The molecule has 3 aromatic carbocycles. The van der Waals surface area contributed by atoms with Crippen molar-refractivity contribution in [2.75, 3.05) is 14.2 Å². The number of rotatable bonds is 9. The lowest BCUT2D eigenvalue weighted by Crippen LogP contribution is -2.24. The summed E-state index contributed by atoms with van der Waals surface area (Å²) in [5.74, 6) is 1.25. The van der Waals surface area contributed by atoms with Gasteiger partial charge in [-0.15, -0.1) is 0 Å². The van der Waals surface area contributed by atoms with Gasteiger partial charge in [-0.05, 0) is 23.8 Å². The molecule has 1 aromatic heterocycles. The van der Waals surface area contributed by atoms with Crippen LogP contribution in [0.2, 0.25) is 0 Å². The Labute approximate surface area is 193 Å². The normalized spacial score (nSPS) is 10.6. The van der Waals surface area contributed by atoms with Crippen molar-refractivity contribution in [3.63, 3.8) is 0 Å². The molecule has 1 heterocycles. The molecule has 0 bridgehead atoms. The van der Waals surface area contributed by atoms with Gasteiger partial charge >= 0.3 is 0 Å². The van der Waals surface area contributed by atoms with Crippen molar-refractivity contribution in [2.24, 2.45) is 0 Å². The van der Waals surface area contributed by atoms with E-state index in [1.807, 2.05) is 77.6 Å². The third kappa shape index (κ3) is 5.60. The van der Waals surface area contributed by atoms with Gasteiger partial charge in [-0.1, -0.05) is 60.7 Å². The molecule has 6 nitrogen and oxygen atoms in total. The number of ether oxygens (including phenoxy) is 2. The van der Waals surface area contributed by atoms with E-state index in [-0.39, 0.29) is 12.3 Å². The first kappa shape index (κ1) is 22.1. The van der Waals surface area contributed by atoms with Gasteiger partial charge in [0, 0.05) is 29.4 Å². The van der Waals surface area contributed by atoms with Crippen LogP contribution in [0.5, 0.6) is 11.5 Å². The predicted octanol–water partition coefficient (Wildman–Crippen LogP) is 4.47. The lowest BCUT2D eigenvalue weighted by molar-refractivity contribution is -0.120. The minimum atomic E-state index is -0.101. The zero-order valence-electron chi connectivity index (χ0n) is 18.8. The standard InChI is InChI=1S/C27H27N3O3/c1-32-24-13-14-25(33-2)22(15-24)16-26(31)28-17-23-19-30(18-20-9-5-3-6-10-20)29-27(23)21-11-7-4-8-12-21/h3-15,19H,16-18H2,1-2H3,(H,28,31). The second-order valence-corrected chi connectivity index (χ2v) is 7.68. The highest BCUT2D eigenvalue weighted by Crippen LogP contribution is 2.25. The summed E-state index contributed by atoms with van der Waals surface area (Å²) in [6.07, 6.45) is 2.20. The molecule has 1 N–H and O–H groups in total. The summed E-state index contributed by atoms with van der Waals surface area (Å²) in [5.41, 5.74) is 4.79. The number of carbonyl (C=O) groups is 1. The lowest BCUT2D eigenvalue weighted by atomic mass is 10.1. The minimum absolute atomic E-state index is 0.101. The van der Waals surface area contributed by atoms with Crippen molar-refractivity contribution in [3.05, 3.63) is 102 Å². The predicted molar refractivity (Wildman–Crippen MR) is 128 cm³/mol. The van der Waals surface area contributed by atoms with E-state index in [4.69, 9.17) is 14.6 Å². The van der Waals surface area contributed by atoms with Crippen molar-refractivity contribution in [2.45, 2.75) is 19.5 Å². The first-order chi connectivity index (χ1) is 16.2. The summed E-state index contributed by atoms with van der Waals surface area (Å²) >= 11 is 0. The van der Waals surface area contributed by atoms with Crippen LogP contribution in [0.4, 0.5) is 0 Å². The Hall–Kier alpha value is -4.06. The number of hydrogen-bond donors (Lipinski definition) is 1. The largest absolute Gasteiger partial charge is 0.497 e. The van der Waals surface area contributed by atoms with Gasteiger partial charge in [0.1, 0.15) is 11.5 Å². The van der Waals surface area contributed by atoms with Crippen LogP contribution in [0.25, 0.3) is 11.3 Å². The number of aromatic nitrogens is 2. The molecule has 0 radical (unpaired) electrons. The average Bonchev–Trinajstić information content (AvgIpc) is 3.26. The first-order valence-electron chi connectivity index (χ1n) is 10.8. The zero-order valence-corrected chi connectivity index (χ0v) is 18.8. The smallest absolute Gasteiger partial charge is 0.224 e. The molecule has 0 aliphatic heterocycles. The van der Waals surface area contributed by atoms with Crippen LogP contribution in [0.3, 0.4) is 0 Å². The number of hydrogen-bond acceptors (Lipinski definition) is 4. The Balaban J connectivity index is 1.51. The van der Waals surface area contributed by atoms with E-state index in [1.165, 1.54) is 5.56 Å². The molecule has 4 aromatic rings. The molecule has 0 saturated carbocycles. The van der Waals surface area contributed by atoms with Crippen molar-refractivity contribution in [3.8, 4) is 22.8 Å². The van der Waals surface area contributed by atoms with Crippen LogP contribution < -0.4 is 14.8 Å². The molecule has 0 spiro atoms. The van der Waals surface area contributed by atoms with Crippen LogP contribution in [0.15, 0.2) is 85.1 Å². The lowest BCUT2D eigenvalue weighted by Gasteiger charge is -2.11. The third-order valence-corrected chi connectivity index (χ3v) is 5.39. The van der Waals surface area contributed by atoms with Gasteiger partial charge in [0.15, 0.2) is 0 Å². The van der Waals surface area contributed by atoms with E-state index >= 15 is 0 Å². The Kier molecular flexibility index (Phi) is 7.05. The molecule has 33 heavy (non-hydrogen) atoms. The maximum Gasteiger partial charge on any atom is 0.224 e. The summed E-state index contributed by atoms with van der Waals surface area (Å²) in [5, 5.41) is 7.85. The molecule has 0 aliphatic rings. The van der Waals surface area contributed by atoms with Gasteiger partial charge in [0.2, 0.25) is 5.91 Å². The monoisotopic (exact) mass is 441 g/mol. The summed E-state index contributed by atoms with van der Waals surface area (Å²) in [6.45, 7) is 1.04. The van der Waals surface area contributed by atoms with Gasteiger partial charge < -0.3 is 14.8 Å². The minimum Gasteiger partial charge on any atom is -0.497 e.